The molecule has 0 saturated carbocycles. The van der Waals surface area contributed by atoms with Gasteiger partial charge in [-0.3, -0.25) is 4.72 Å². The van der Waals surface area contributed by atoms with Crippen molar-refractivity contribution in [2.45, 2.75) is 4.21 Å². The first-order chi connectivity index (χ1) is 8.53. The maximum Gasteiger partial charge on any atom is 0.272 e. The van der Waals surface area contributed by atoms with Crippen molar-refractivity contribution in [1.29, 1.82) is 0 Å². The molecule has 0 radical (unpaired) electrons. The maximum absolute atomic E-state index is 12.0. The number of thiophene rings is 1. The van der Waals surface area contributed by atoms with Crippen molar-refractivity contribution < 1.29 is 13.2 Å². The van der Waals surface area contributed by atoms with Crippen LogP contribution < -0.4 is 9.46 Å². The van der Waals surface area contributed by atoms with Gasteiger partial charge < -0.3 is 4.74 Å². The number of ether oxygens (including phenoxy) is 1. The van der Waals surface area contributed by atoms with Crippen LogP contribution in [0.1, 0.15) is 0 Å². The van der Waals surface area contributed by atoms with Gasteiger partial charge in [0.1, 0.15) is 8.81 Å². The zero-order chi connectivity index (χ0) is 13.2. The molecule has 0 unspecified atom stereocenters. The highest BCUT2D eigenvalue weighted by molar-refractivity contribution is 9.10. The second-order valence-electron chi connectivity index (χ2n) is 3.09. The number of hydrogen-bond donors (Lipinski definition) is 1. The van der Waals surface area contributed by atoms with Gasteiger partial charge in [-0.25, -0.2) is 18.4 Å². The number of methoxy groups -OCH3 is 1. The van der Waals surface area contributed by atoms with Crippen molar-refractivity contribution in [3.63, 3.8) is 0 Å². The van der Waals surface area contributed by atoms with E-state index in [1.54, 1.807) is 11.4 Å². The molecule has 0 amide bonds. The molecule has 9 heteroatoms. The minimum absolute atomic E-state index is 0.0501. The zero-order valence-corrected chi connectivity index (χ0v) is 12.3. The lowest BCUT2D eigenvalue weighted by Gasteiger charge is -2.08. The summed E-state index contributed by atoms with van der Waals surface area (Å²) in [5.41, 5.74) is 0. The van der Waals surface area contributed by atoms with Gasteiger partial charge >= 0.3 is 0 Å². The topological polar surface area (TPSA) is 81.2 Å². The Hall–Kier alpha value is -1.19. The standard InChI is InChI=1S/C9H8BrN3O3S2/c1-16-9-8(11-5-6(10)12-9)13-18(14,15)7-3-2-4-17-7/h2-5H,1H3,(H,11,13). The number of nitrogens with one attached hydrogen (secondary N) is 1. The van der Waals surface area contributed by atoms with Crippen molar-refractivity contribution in [1.82, 2.24) is 9.97 Å². The third-order valence-corrected chi connectivity index (χ3v) is 5.01. The molecule has 0 spiro atoms. The highest BCUT2D eigenvalue weighted by Gasteiger charge is 2.19. The van der Waals surface area contributed by atoms with E-state index in [4.69, 9.17) is 4.74 Å². The molecule has 2 aromatic heterocycles. The van der Waals surface area contributed by atoms with Crippen LogP contribution in [0.25, 0.3) is 0 Å². The van der Waals surface area contributed by atoms with E-state index in [0.717, 1.165) is 11.3 Å². The summed E-state index contributed by atoms with van der Waals surface area (Å²) >= 11 is 4.24. The smallest absolute Gasteiger partial charge is 0.272 e. The van der Waals surface area contributed by atoms with Gasteiger partial charge in [0.2, 0.25) is 5.82 Å². The number of anilines is 1. The Balaban J connectivity index is 2.35. The fourth-order valence-corrected chi connectivity index (χ4v) is 3.42. The van der Waals surface area contributed by atoms with E-state index >= 15 is 0 Å². The van der Waals surface area contributed by atoms with Gasteiger partial charge in [-0.05, 0) is 27.4 Å². The minimum Gasteiger partial charge on any atom is -0.478 e. The van der Waals surface area contributed by atoms with Gasteiger partial charge in [-0.1, -0.05) is 6.07 Å². The summed E-state index contributed by atoms with van der Waals surface area (Å²) in [5.74, 6) is 0.151. The van der Waals surface area contributed by atoms with Crippen molar-refractivity contribution >= 4 is 43.1 Å². The van der Waals surface area contributed by atoms with Gasteiger partial charge in [0.05, 0.1) is 13.3 Å². The Labute approximate surface area is 116 Å². The normalized spacial score (nSPS) is 11.2. The Bertz CT molecular complexity index is 643. The van der Waals surface area contributed by atoms with Crippen LogP contribution >= 0.6 is 27.3 Å². The molecule has 96 valence electrons. The van der Waals surface area contributed by atoms with Crippen LogP contribution in [-0.4, -0.2) is 25.5 Å². The first-order valence-corrected chi connectivity index (χ1v) is 7.81. The van der Waals surface area contributed by atoms with Crippen LogP contribution in [0.2, 0.25) is 0 Å². The second kappa shape index (κ2) is 5.21. The fraction of sp³-hybridized carbons (Fsp3) is 0.111. The largest absolute Gasteiger partial charge is 0.478 e. The highest BCUT2D eigenvalue weighted by atomic mass is 79.9. The fourth-order valence-electron chi connectivity index (χ4n) is 1.16. The third kappa shape index (κ3) is 2.79. The van der Waals surface area contributed by atoms with Crippen molar-refractivity contribution in [3.05, 3.63) is 28.3 Å². The molecule has 0 saturated heterocycles. The lowest BCUT2D eigenvalue weighted by atomic mass is 10.6. The second-order valence-corrected chi connectivity index (χ2v) is 6.76. The molecule has 18 heavy (non-hydrogen) atoms. The summed E-state index contributed by atoms with van der Waals surface area (Å²) in [6, 6.07) is 3.16. The molecule has 2 aromatic rings. The van der Waals surface area contributed by atoms with Crippen LogP contribution in [0.4, 0.5) is 5.82 Å². The molecule has 0 aliphatic carbocycles. The Morgan fingerprint density at radius 1 is 1.50 bits per heavy atom. The van der Waals surface area contributed by atoms with E-state index in [9.17, 15) is 8.42 Å². The molecule has 0 aliphatic heterocycles. The molecule has 0 aliphatic rings. The molecule has 2 heterocycles. The SMILES string of the molecule is COc1nc(Br)cnc1NS(=O)(=O)c1cccs1. The predicted molar refractivity (Wildman–Crippen MR) is 71.4 cm³/mol. The Kier molecular flexibility index (Phi) is 3.83. The number of rotatable bonds is 4. The molecule has 6 nitrogen and oxygen atoms in total. The van der Waals surface area contributed by atoms with Crippen molar-refractivity contribution in [2.24, 2.45) is 0 Å². The summed E-state index contributed by atoms with van der Waals surface area (Å²) in [4.78, 5) is 7.89. The maximum atomic E-state index is 12.0. The zero-order valence-electron chi connectivity index (χ0n) is 9.12. The van der Waals surface area contributed by atoms with Crippen LogP contribution in [0.15, 0.2) is 32.5 Å². The third-order valence-electron chi connectivity index (χ3n) is 1.90. The van der Waals surface area contributed by atoms with Gasteiger partial charge in [-0.2, -0.15) is 0 Å². The number of sulfonamides is 1. The van der Waals surface area contributed by atoms with Gasteiger partial charge in [0.25, 0.3) is 15.9 Å². The van der Waals surface area contributed by atoms with Gasteiger partial charge in [0.15, 0.2) is 0 Å². The molecule has 0 bridgehead atoms. The van der Waals surface area contributed by atoms with E-state index in [1.807, 2.05) is 0 Å². The van der Waals surface area contributed by atoms with E-state index < -0.39 is 10.0 Å². The predicted octanol–water partition coefficient (Wildman–Crippen LogP) is 2.11. The number of aromatic nitrogens is 2. The van der Waals surface area contributed by atoms with E-state index in [1.165, 1.54) is 19.4 Å². The summed E-state index contributed by atoms with van der Waals surface area (Å²) in [5, 5.41) is 1.68. The number of hydrogen-bond acceptors (Lipinski definition) is 6. The Morgan fingerprint density at radius 2 is 2.28 bits per heavy atom. The molecular weight excluding hydrogens is 342 g/mol. The summed E-state index contributed by atoms with van der Waals surface area (Å²) in [6.07, 6.45) is 1.38. The van der Waals surface area contributed by atoms with E-state index in [-0.39, 0.29) is 15.9 Å². The van der Waals surface area contributed by atoms with Crippen molar-refractivity contribution in [2.75, 3.05) is 11.8 Å². The lowest BCUT2D eigenvalue weighted by molar-refractivity contribution is 0.397. The minimum atomic E-state index is -3.64. The monoisotopic (exact) mass is 349 g/mol. The van der Waals surface area contributed by atoms with Gasteiger partial charge in [0, 0.05) is 0 Å². The molecule has 0 fully saturated rings. The highest BCUT2D eigenvalue weighted by Crippen LogP contribution is 2.25. The molecule has 0 aromatic carbocycles. The molecular formula is C9H8BrN3O3S2. The average molecular weight is 350 g/mol. The summed E-state index contributed by atoms with van der Waals surface area (Å²) in [6.45, 7) is 0. The summed E-state index contributed by atoms with van der Waals surface area (Å²) < 4.78 is 31.9. The average Bonchev–Trinajstić information content (AvgIpc) is 2.85. The van der Waals surface area contributed by atoms with Crippen LogP contribution in [0.3, 0.4) is 0 Å². The number of nitrogens with zero attached hydrogens (tertiary/aromatic N) is 2. The van der Waals surface area contributed by atoms with Crippen molar-refractivity contribution in [3.8, 4) is 5.88 Å². The number of halogens is 1. The van der Waals surface area contributed by atoms with Crippen LogP contribution in [-0.2, 0) is 10.0 Å². The molecule has 1 N–H and O–H groups in total. The Morgan fingerprint density at radius 3 is 2.89 bits per heavy atom. The first kappa shape index (κ1) is 13.2. The van der Waals surface area contributed by atoms with E-state index in [0.29, 0.717) is 4.60 Å². The first-order valence-electron chi connectivity index (χ1n) is 4.66. The quantitative estimate of drug-likeness (QED) is 0.913. The van der Waals surface area contributed by atoms with Gasteiger partial charge in [-0.15, -0.1) is 11.3 Å². The molecule has 2 rings (SSSR count). The van der Waals surface area contributed by atoms with Crippen LogP contribution in [0.5, 0.6) is 5.88 Å². The molecule has 0 atom stereocenters. The summed E-state index contributed by atoms with van der Waals surface area (Å²) in [7, 11) is -2.26. The van der Waals surface area contributed by atoms with E-state index in [2.05, 4.69) is 30.6 Å². The van der Waals surface area contributed by atoms with Crippen LogP contribution in [0, 0.1) is 0 Å². The lowest BCUT2D eigenvalue weighted by Crippen LogP contribution is -2.14.